The van der Waals surface area contributed by atoms with Crippen molar-refractivity contribution >= 4 is 77.6 Å². The molecule has 83 heavy (non-hydrogen) atoms. The Morgan fingerprint density at radius 3 is 1.69 bits per heavy atom. The monoisotopic (exact) mass is 1300 g/mol. The number of hydrogen-bond donors (Lipinski definition) is 2. The number of benzene rings is 3. The summed E-state index contributed by atoms with van der Waals surface area (Å²) >= 11 is 0. The third-order valence-electron chi connectivity index (χ3n) is 11.8. The molecule has 0 fully saturated rings. The molecule has 0 radical (unpaired) electrons. The standard InChI is InChI=1S/C51H80NO24P5S2/c1-4-5-6-12-33-82-83-34-13-8-7-11-25-66-77(56,57)70-31-32-73-81(64,65)75-39-41(38-74-80(62,63)68-27-15-26-67-78(58,59)71-29-30-72-79(60,61)69-28-23-40(2)3)16-9-10-24-52-51(55)43-18-14-17-42(35-43)50-46-21-19-44(53)36-48(46)76-49-37-45(54)20-22-47(49)50/h14,17-22,35-37,40-41,53H,4-13,15-16,23-34,38-39H2,1-3H3,(H,52,55)(H,56,57)(H,58,59)(H,60,61)(H,62,63)(H,64,65)/p-5. The molecular weight excluding hydrogens is 1230 g/mol. The van der Waals surface area contributed by atoms with Gasteiger partial charge in [0.05, 0.1) is 66.1 Å². The van der Waals surface area contributed by atoms with E-state index in [-0.39, 0.29) is 67.4 Å². The van der Waals surface area contributed by atoms with E-state index in [0.29, 0.717) is 46.9 Å². The van der Waals surface area contributed by atoms with E-state index in [2.05, 4.69) is 30.3 Å². The van der Waals surface area contributed by atoms with E-state index in [1.807, 2.05) is 35.4 Å². The molecule has 0 saturated heterocycles. The highest BCUT2D eigenvalue weighted by molar-refractivity contribution is 8.76. The fraction of sp³-hybridized carbons (Fsp3) is 0.608. The molecule has 32 heteroatoms. The number of nitrogens with one attached hydrogen (secondary N) is 1. The molecule has 6 atom stereocenters. The summed E-state index contributed by atoms with van der Waals surface area (Å²) in [5.41, 5.74) is 2.18. The third-order valence-corrected chi connectivity index (χ3v) is 19.3. The Bertz CT molecular complexity index is 2850. The topological polar surface area (TPSA) is 372 Å². The predicted octanol–water partition coefficient (Wildman–Crippen LogP) is 9.25. The molecule has 0 aromatic heterocycles. The van der Waals surface area contributed by atoms with Crippen molar-refractivity contribution in [3.8, 4) is 28.2 Å². The first kappa shape index (κ1) is 73.1. The molecule has 25 nitrogen and oxygen atoms in total. The molecule has 2 aliphatic rings. The van der Waals surface area contributed by atoms with Crippen LogP contribution in [0.25, 0.3) is 33.4 Å². The van der Waals surface area contributed by atoms with Crippen molar-refractivity contribution in [2.24, 2.45) is 11.8 Å². The van der Waals surface area contributed by atoms with E-state index in [4.69, 9.17) is 31.6 Å². The van der Waals surface area contributed by atoms with Crippen LogP contribution in [0.5, 0.6) is 5.75 Å². The molecular formula is C51H75NO24P5S2-5. The van der Waals surface area contributed by atoms with Crippen LogP contribution in [0.4, 0.5) is 0 Å². The number of phosphoric acid groups is 5. The van der Waals surface area contributed by atoms with Crippen LogP contribution in [0.3, 0.4) is 0 Å². The van der Waals surface area contributed by atoms with Gasteiger partial charge in [0.2, 0.25) is 0 Å². The van der Waals surface area contributed by atoms with Crippen LogP contribution in [0, 0.1) is 11.8 Å². The Labute approximate surface area is 492 Å². The van der Waals surface area contributed by atoms with Crippen molar-refractivity contribution in [2.45, 2.75) is 104 Å². The normalized spacial score (nSPS) is 16.1. The number of phenols is 1. The summed E-state index contributed by atoms with van der Waals surface area (Å²) in [6.45, 7) is 0.232. The first-order valence-electron chi connectivity index (χ1n) is 27.2. The van der Waals surface area contributed by atoms with E-state index in [0.717, 1.165) is 30.8 Å². The van der Waals surface area contributed by atoms with E-state index in [1.54, 1.807) is 36.4 Å². The zero-order valence-corrected chi connectivity index (χ0v) is 52.8. The smallest absolute Gasteiger partial charge is 0.267 e. The van der Waals surface area contributed by atoms with Crippen molar-refractivity contribution in [1.82, 2.24) is 5.32 Å². The first-order chi connectivity index (χ1) is 39.4. The van der Waals surface area contributed by atoms with Gasteiger partial charge in [-0.2, -0.15) is 0 Å². The Kier molecular flexibility index (Phi) is 33.6. The van der Waals surface area contributed by atoms with Crippen LogP contribution in [0.2, 0.25) is 0 Å². The first-order valence-corrected chi connectivity index (χ1v) is 37.0. The van der Waals surface area contributed by atoms with E-state index in [9.17, 15) is 62.0 Å². The van der Waals surface area contributed by atoms with Gasteiger partial charge in [-0.1, -0.05) is 93.0 Å². The van der Waals surface area contributed by atoms with Crippen LogP contribution in [-0.2, 0) is 68.1 Å². The van der Waals surface area contributed by atoms with Gasteiger partial charge in [-0.15, -0.1) is 0 Å². The van der Waals surface area contributed by atoms with Gasteiger partial charge < -0.3 is 84.5 Å². The molecule has 1 amide bonds. The predicted molar refractivity (Wildman–Crippen MR) is 305 cm³/mol. The van der Waals surface area contributed by atoms with Crippen molar-refractivity contribution in [1.29, 1.82) is 0 Å². The quantitative estimate of drug-likeness (QED) is 0.0180. The molecule has 1 heterocycles. The third kappa shape index (κ3) is 30.9. The second-order valence-corrected chi connectivity index (χ2v) is 28.9. The summed E-state index contributed by atoms with van der Waals surface area (Å²) in [7, 11) is -21.1. The van der Waals surface area contributed by atoms with Gasteiger partial charge in [0.15, 0.2) is 5.43 Å². The maximum atomic E-state index is 13.4. The molecule has 0 bridgehead atoms. The minimum atomic E-state index is -5.16. The number of phosphoric ester groups is 5. The summed E-state index contributed by atoms with van der Waals surface area (Å²) in [6.07, 6.45) is 8.77. The van der Waals surface area contributed by atoms with E-state index in [1.165, 1.54) is 49.9 Å². The summed E-state index contributed by atoms with van der Waals surface area (Å²) in [5, 5.41) is 13.6. The van der Waals surface area contributed by atoms with Crippen molar-refractivity contribution in [3.05, 3.63) is 76.5 Å². The Morgan fingerprint density at radius 2 is 1.11 bits per heavy atom. The highest BCUT2D eigenvalue weighted by Crippen LogP contribution is 2.45. The van der Waals surface area contributed by atoms with Crippen LogP contribution < -0.4 is 35.2 Å². The summed E-state index contributed by atoms with van der Waals surface area (Å²) < 4.78 is 115. The van der Waals surface area contributed by atoms with Gasteiger partial charge >= 0.3 is 0 Å². The highest BCUT2D eigenvalue weighted by atomic mass is 33.1. The lowest BCUT2D eigenvalue weighted by Gasteiger charge is -2.28. The van der Waals surface area contributed by atoms with Crippen LogP contribution in [-0.4, -0.2) is 95.1 Å². The SMILES string of the molecule is CCCCCCSSCCCCCCOP(=O)([O-])OCCOP(=O)([O-])OCC(CCCCNC(=O)c1cccc(-c2c3ccc(=O)cc-3oc3cc(O)ccc23)c1)COP(=O)([O-])OCCCOP(=O)([O-])OCCOP(=O)([O-])OCCC(C)C. The van der Waals surface area contributed by atoms with Gasteiger partial charge in [-0.05, 0) is 92.8 Å². The molecule has 0 saturated carbocycles. The minimum Gasteiger partial charge on any atom is -0.756 e. The minimum absolute atomic E-state index is 0.0507. The second-order valence-electron chi connectivity index (χ2n) is 19.2. The Balaban J connectivity index is 1.25. The van der Waals surface area contributed by atoms with E-state index >= 15 is 0 Å². The zero-order valence-electron chi connectivity index (χ0n) is 46.7. The largest absolute Gasteiger partial charge is 0.756 e. The van der Waals surface area contributed by atoms with Gasteiger partial charge in [0.25, 0.3) is 45.0 Å². The second kappa shape index (κ2) is 38.1. The maximum Gasteiger partial charge on any atom is 0.267 e. The molecule has 6 unspecified atom stereocenters. The van der Waals surface area contributed by atoms with Gasteiger partial charge in [-0.25, -0.2) is 0 Å². The molecule has 2 aromatic rings. The van der Waals surface area contributed by atoms with Gasteiger partial charge in [0.1, 0.15) is 17.1 Å². The lowest BCUT2D eigenvalue weighted by molar-refractivity contribution is -0.235. The molecule has 1 aliphatic heterocycles. The molecule has 470 valence electrons. The number of hydrogen-bond acceptors (Lipinski definition) is 26. The zero-order chi connectivity index (χ0) is 60.8. The average Bonchev–Trinajstić information content (AvgIpc) is 3.54. The maximum absolute atomic E-state index is 13.4. The number of rotatable bonds is 47. The number of aromatic hydroxyl groups is 1. The summed E-state index contributed by atoms with van der Waals surface area (Å²) in [4.78, 5) is 87.3. The van der Waals surface area contributed by atoms with Crippen LogP contribution in [0.1, 0.15) is 115 Å². The molecule has 1 aliphatic carbocycles. The Morgan fingerprint density at radius 1 is 0.578 bits per heavy atom. The number of unbranched alkanes of at least 4 members (excludes halogenated alkanes) is 7. The molecule has 2 N–H and O–H groups in total. The number of carbonyl (C=O) groups is 1. The van der Waals surface area contributed by atoms with Crippen molar-refractivity contribution in [2.75, 3.05) is 84.1 Å². The average molecular weight is 1310 g/mol. The van der Waals surface area contributed by atoms with Crippen LogP contribution >= 0.6 is 60.7 Å². The number of fused-ring (bicyclic) bond motifs is 2. The fourth-order valence-corrected chi connectivity index (χ4v) is 13.6. The Hall–Kier alpha value is -2.35. The lowest BCUT2D eigenvalue weighted by Crippen LogP contribution is -2.25. The van der Waals surface area contributed by atoms with Crippen molar-refractivity contribution in [3.63, 3.8) is 0 Å². The molecule has 2 aromatic carbocycles. The van der Waals surface area contributed by atoms with E-state index < -0.39 is 104 Å². The summed E-state index contributed by atoms with van der Waals surface area (Å²) in [5.74, 6) is 1.10. The molecule has 4 rings (SSSR count). The highest BCUT2D eigenvalue weighted by Gasteiger charge is 2.22. The van der Waals surface area contributed by atoms with Gasteiger partial charge in [0, 0.05) is 58.2 Å². The number of amides is 1. The summed E-state index contributed by atoms with van der Waals surface area (Å²) in [6, 6.07) is 15.6. The lowest BCUT2D eigenvalue weighted by atomic mass is 9.92. The van der Waals surface area contributed by atoms with Crippen LogP contribution in [0.15, 0.2) is 69.9 Å². The number of phenolic OH excluding ortho intramolecular Hbond substituents is 1. The number of carbonyl (C=O) groups excluding carboxylic acids is 1. The van der Waals surface area contributed by atoms with Gasteiger partial charge in [-0.3, -0.25) is 32.4 Å². The fourth-order valence-electron chi connectivity index (χ4n) is 7.55. The molecule has 0 spiro atoms. The van der Waals surface area contributed by atoms with Crippen molar-refractivity contribution < 1.29 is 107 Å².